The molecule has 1 amide bonds. The fraction of sp³-hybridized carbons (Fsp3) is 0.0385. The van der Waals surface area contributed by atoms with E-state index in [4.69, 9.17) is 15.2 Å². The van der Waals surface area contributed by atoms with E-state index < -0.39 is 17.7 Å². The Morgan fingerprint density at radius 2 is 1.88 bits per heavy atom. The predicted molar refractivity (Wildman–Crippen MR) is 145 cm³/mol. The first-order valence-corrected chi connectivity index (χ1v) is 12.5. The van der Waals surface area contributed by atoms with Crippen LogP contribution in [-0.2, 0) is 6.61 Å². The fourth-order valence-corrected chi connectivity index (χ4v) is 3.84. The van der Waals surface area contributed by atoms with Gasteiger partial charge in [-0.25, -0.2) is 19.2 Å². The Hall–Kier alpha value is -5.44. The molecule has 0 saturated carbocycles. The molecule has 41 heavy (non-hydrogen) atoms. The van der Waals surface area contributed by atoms with Crippen molar-refractivity contribution >= 4 is 39.8 Å². The Morgan fingerprint density at radius 1 is 1.10 bits per heavy atom. The topological polar surface area (TPSA) is 173 Å². The zero-order chi connectivity index (χ0) is 28.8. The second kappa shape index (κ2) is 12.2. The SMILES string of the molecule is Nc1nonc1-n1nnc(C(=O)N/N=C\c2cc(Br)ccc2OC(=O)c2ccccc2)c1COc1ccc(F)cc1. The van der Waals surface area contributed by atoms with Crippen molar-refractivity contribution in [3.8, 4) is 17.3 Å². The summed E-state index contributed by atoms with van der Waals surface area (Å²) in [5.41, 5.74) is 8.88. The third kappa shape index (κ3) is 6.42. The van der Waals surface area contributed by atoms with Crippen LogP contribution >= 0.6 is 15.9 Å². The molecule has 0 atom stereocenters. The Morgan fingerprint density at radius 3 is 2.61 bits per heavy atom. The number of carbonyl (C=O) groups excluding carboxylic acids is 2. The smallest absolute Gasteiger partial charge is 0.343 e. The van der Waals surface area contributed by atoms with Gasteiger partial charge in [0, 0.05) is 10.0 Å². The fourth-order valence-electron chi connectivity index (χ4n) is 3.46. The summed E-state index contributed by atoms with van der Waals surface area (Å²) in [6.07, 6.45) is 1.30. The van der Waals surface area contributed by atoms with Gasteiger partial charge in [-0.05, 0) is 64.9 Å². The van der Waals surface area contributed by atoms with Crippen LogP contribution in [-0.4, -0.2) is 43.4 Å². The van der Waals surface area contributed by atoms with E-state index in [9.17, 15) is 14.0 Å². The maximum Gasteiger partial charge on any atom is 0.343 e. The first-order valence-electron chi connectivity index (χ1n) is 11.7. The average molecular weight is 621 g/mol. The number of rotatable bonds is 9. The van der Waals surface area contributed by atoms with Crippen molar-refractivity contribution in [2.24, 2.45) is 5.10 Å². The first kappa shape index (κ1) is 27.1. The molecule has 0 aliphatic rings. The molecule has 0 saturated heterocycles. The number of amides is 1. The van der Waals surface area contributed by atoms with Gasteiger partial charge in [-0.15, -0.1) is 5.10 Å². The molecule has 13 nitrogen and oxygen atoms in total. The second-order valence-electron chi connectivity index (χ2n) is 8.15. The summed E-state index contributed by atoms with van der Waals surface area (Å²) < 4.78 is 30.9. The summed E-state index contributed by atoms with van der Waals surface area (Å²) in [7, 11) is 0. The van der Waals surface area contributed by atoms with Crippen molar-refractivity contribution in [2.75, 3.05) is 5.73 Å². The van der Waals surface area contributed by atoms with Crippen molar-refractivity contribution in [2.45, 2.75) is 6.61 Å². The van der Waals surface area contributed by atoms with Crippen LogP contribution in [0.4, 0.5) is 10.2 Å². The maximum absolute atomic E-state index is 13.3. The molecule has 0 unspecified atom stereocenters. The molecule has 5 aromatic rings. The van der Waals surface area contributed by atoms with Gasteiger partial charge in [-0.2, -0.15) is 9.78 Å². The Kier molecular flexibility index (Phi) is 8.05. The van der Waals surface area contributed by atoms with Crippen LogP contribution in [0.5, 0.6) is 11.5 Å². The largest absolute Gasteiger partial charge is 0.487 e. The number of nitrogens with two attached hydrogens (primary N) is 1. The van der Waals surface area contributed by atoms with E-state index in [0.717, 1.165) is 4.68 Å². The van der Waals surface area contributed by atoms with Gasteiger partial charge in [0.1, 0.15) is 29.6 Å². The summed E-state index contributed by atoms with van der Waals surface area (Å²) in [5.74, 6) is -1.33. The molecule has 3 N–H and O–H groups in total. The predicted octanol–water partition coefficient (Wildman–Crippen LogP) is 3.70. The molecule has 2 aromatic heterocycles. The van der Waals surface area contributed by atoms with Crippen molar-refractivity contribution in [1.82, 2.24) is 30.7 Å². The average Bonchev–Trinajstić information content (AvgIpc) is 3.60. The molecule has 3 aromatic carbocycles. The molecule has 15 heteroatoms. The van der Waals surface area contributed by atoms with Crippen LogP contribution in [0, 0.1) is 5.82 Å². The molecular weight excluding hydrogens is 603 g/mol. The number of hydrazone groups is 1. The van der Waals surface area contributed by atoms with Crippen LogP contribution < -0.4 is 20.6 Å². The lowest BCUT2D eigenvalue weighted by molar-refractivity contribution is 0.0734. The highest BCUT2D eigenvalue weighted by molar-refractivity contribution is 9.10. The lowest BCUT2D eigenvalue weighted by atomic mass is 10.2. The molecular formula is C26H18BrFN8O5. The summed E-state index contributed by atoms with van der Waals surface area (Å²) in [5, 5.41) is 19.0. The Balaban J connectivity index is 1.36. The van der Waals surface area contributed by atoms with E-state index in [2.05, 4.69) is 51.7 Å². The highest BCUT2D eigenvalue weighted by Crippen LogP contribution is 2.23. The minimum atomic E-state index is -0.752. The molecule has 0 fully saturated rings. The molecule has 0 aliphatic heterocycles. The van der Waals surface area contributed by atoms with Crippen LogP contribution in [0.15, 0.2) is 87.0 Å². The van der Waals surface area contributed by atoms with Gasteiger partial charge in [0.05, 0.1) is 11.8 Å². The molecule has 0 bridgehead atoms. The number of esters is 1. The first-order chi connectivity index (χ1) is 19.9. The quantitative estimate of drug-likeness (QED) is 0.107. The maximum atomic E-state index is 13.3. The standard InChI is InChI=1S/C26H18BrFN8O5/c27-17-6-11-21(40-26(38)15-4-2-1-3-5-15)16(12-17)13-30-32-25(37)22-20(14-39-19-9-7-18(28)8-10-19)36(35-31-22)24-23(29)33-41-34-24/h1-13H,14H2,(H2,29,33)(H,32,37)/b30-13-. The number of halogens is 2. The normalized spacial score (nSPS) is 11.0. The summed E-state index contributed by atoms with van der Waals surface area (Å²) in [6.45, 7) is -0.234. The van der Waals surface area contributed by atoms with Crippen molar-refractivity contribution in [3.05, 3.63) is 106 Å². The monoisotopic (exact) mass is 620 g/mol. The van der Waals surface area contributed by atoms with Crippen molar-refractivity contribution < 1.29 is 28.1 Å². The summed E-state index contributed by atoms with van der Waals surface area (Å²) in [6, 6.07) is 18.7. The molecule has 0 spiro atoms. The van der Waals surface area contributed by atoms with E-state index in [1.54, 1.807) is 48.5 Å². The highest BCUT2D eigenvalue weighted by atomic mass is 79.9. The zero-order valence-corrected chi connectivity index (χ0v) is 22.4. The highest BCUT2D eigenvalue weighted by Gasteiger charge is 2.24. The number of hydrogen-bond acceptors (Lipinski definition) is 11. The number of anilines is 1. The number of benzene rings is 3. The van der Waals surface area contributed by atoms with Crippen LogP contribution in [0.25, 0.3) is 5.82 Å². The van der Waals surface area contributed by atoms with Crippen molar-refractivity contribution in [1.29, 1.82) is 0 Å². The zero-order valence-electron chi connectivity index (χ0n) is 20.8. The van der Waals surface area contributed by atoms with E-state index >= 15 is 0 Å². The number of aromatic nitrogens is 5. The number of carbonyl (C=O) groups is 2. The van der Waals surface area contributed by atoms with Crippen LogP contribution in [0.2, 0.25) is 0 Å². The van der Waals surface area contributed by atoms with Crippen molar-refractivity contribution in [3.63, 3.8) is 0 Å². The van der Waals surface area contributed by atoms with Gasteiger partial charge >= 0.3 is 5.97 Å². The van der Waals surface area contributed by atoms with Gasteiger partial charge < -0.3 is 15.2 Å². The molecule has 0 radical (unpaired) electrons. The Labute approximate surface area is 238 Å². The Bertz CT molecular complexity index is 1720. The van der Waals surface area contributed by atoms with E-state index in [0.29, 0.717) is 21.3 Å². The third-order valence-corrected chi connectivity index (χ3v) is 5.91. The number of ether oxygens (including phenoxy) is 2. The van der Waals surface area contributed by atoms with Crippen LogP contribution in [0.1, 0.15) is 32.1 Å². The van der Waals surface area contributed by atoms with E-state index in [-0.39, 0.29) is 35.4 Å². The van der Waals surface area contributed by atoms with Gasteiger partial charge in [0.2, 0.25) is 11.6 Å². The van der Waals surface area contributed by atoms with Gasteiger partial charge in [0.15, 0.2) is 5.69 Å². The number of nitrogens with zero attached hydrogens (tertiary/aromatic N) is 6. The molecule has 2 heterocycles. The second-order valence-corrected chi connectivity index (χ2v) is 9.06. The molecule has 0 aliphatic carbocycles. The van der Waals surface area contributed by atoms with Gasteiger partial charge in [-0.3, -0.25) is 4.79 Å². The summed E-state index contributed by atoms with van der Waals surface area (Å²) >= 11 is 3.37. The van der Waals surface area contributed by atoms with Crippen LogP contribution in [0.3, 0.4) is 0 Å². The molecule has 206 valence electrons. The van der Waals surface area contributed by atoms with E-state index in [1.807, 2.05) is 0 Å². The number of nitrogens with one attached hydrogen (secondary N) is 1. The lowest BCUT2D eigenvalue weighted by Crippen LogP contribution is -2.21. The van der Waals surface area contributed by atoms with Gasteiger partial charge in [-0.1, -0.05) is 39.3 Å². The minimum absolute atomic E-state index is 0.0169. The van der Waals surface area contributed by atoms with E-state index in [1.165, 1.54) is 30.5 Å². The lowest BCUT2D eigenvalue weighted by Gasteiger charge is -2.09. The number of nitrogen functional groups attached to an aromatic ring is 1. The third-order valence-electron chi connectivity index (χ3n) is 5.42. The minimum Gasteiger partial charge on any atom is -0.487 e. The van der Waals surface area contributed by atoms with Gasteiger partial charge in [0.25, 0.3) is 5.91 Å². The number of hydrogen-bond donors (Lipinski definition) is 2. The summed E-state index contributed by atoms with van der Waals surface area (Å²) in [4.78, 5) is 25.6. The molecule has 5 rings (SSSR count).